The number of nitrogens with zero attached hydrogens (tertiary/aromatic N) is 1. The van der Waals surface area contributed by atoms with Crippen LogP contribution in [0.4, 0.5) is 0 Å². The molecule has 1 N–H and O–H groups in total. The van der Waals surface area contributed by atoms with E-state index in [9.17, 15) is 4.79 Å². The standard InChI is InChI=1S/C21H20N2O2/c1-16(19-8-5-13-22-14-19)23-21(24)15-25-20-11-9-18(10-12-20)17-6-3-2-4-7-17/h2-14,16H,15H2,1H3,(H,23,24). The lowest BCUT2D eigenvalue weighted by molar-refractivity contribution is -0.123. The second-order valence-electron chi connectivity index (χ2n) is 5.75. The molecule has 3 aromatic rings. The second kappa shape index (κ2) is 8.11. The molecule has 1 unspecified atom stereocenters. The normalized spacial score (nSPS) is 11.6. The maximum absolute atomic E-state index is 12.0. The van der Waals surface area contributed by atoms with E-state index in [1.54, 1.807) is 12.4 Å². The fourth-order valence-corrected chi connectivity index (χ4v) is 2.52. The third-order valence-electron chi connectivity index (χ3n) is 3.89. The van der Waals surface area contributed by atoms with Gasteiger partial charge in [-0.2, -0.15) is 0 Å². The van der Waals surface area contributed by atoms with Gasteiger partial charge in [-0.25, -0.2) is 0 Å². The number of benzene rings is 2. The molecule has 0 saturated heterocycles. The molecular weight excluding hydrogens is 312 g/mol. The van der Waals surface area contributed by atoms with Gasteiger partial charge in [0.15, 0.2) is 6.61 Å². The van der Waals surface area contributed by atoms with E-state index < -0.39 is 0 Å². The van der Waals surface area contributed by atoms with Crippen molar-refractivity contribution in [1.82, 2.24) is 10.3 Å². The molecule has 2 aromatic carbocycles. The van der Waals surface area contributed by atoms with Gasteiger partial charge in [-0.15, -0.1) is 0 Å². The summed E-state index contributed by atoms with van der Waals surface area (Å²) in [6, 6.07) is 21.5. The van der Waals surface area contributed by atoms with E-state index in [1.807, 2.05) is 61.5 Å². The van der Waals surface area contributed by atoms with Crippen LogP contribution in [0.15, 0.2) is 79.1 Å². The number of hydrogen-bond donors (Lipinski definition) is 1. The van der Waals surface area contributed by atoms with Gasteiger partial charge in [0, 0.05) is 12.4 Å². The topological polar surface area (TPSA) is 51.2 Å². The van der Waals surface area contributed by atoms with Gasteiger partial charge in [0.2, 0.25) is 0 Å². The number of amides is 1. The Balaban J connectivity index is 1.52. The minimum absolute atomic E-state index is 0.0186. The van der Waals surface area contributed by atoms with Gasteiger partial charge in [0.05, 0.1) is 6.04 Å². The summed E-state index contributed by atoms with van der Waals surface area (Å²) in [5.41, 5.74) is 3.22. The zero-order valence-corrected chi connectivity index (χ0v) is 14.1. The SMILES string of the molecule is CC(NC(=O)COc1ccc(-c2ccccc2)cc1)c1cccnc1. The van der Waals surface area contributed by atoms with Crippen molar-refractivity contribution < 1.29 is 9.53 Å². The van der Waals surface area contributed by atoms with Gasteiger partial charge in [0.1, 0.15) is 5.75 Å². The molecule has 0 radical (unpaired) electrons. The zero-order chi connectivity index (χ0) is 17.5. The minimum Gasteiger partial charge on any atom is -0.484 e. The molecule has 4 nitrogen and oxygen atoms in total. The van der Waals surface area contributed by atoms with Crippen molar-refractivity contribution in [1.29, 1.82) is 0 Å². The summed E-state index contributed by atoms with van der Waals surface area (Å²) in [7, 11) is 0. The maximum atomic E-state index is 12.0. The van der Waals surface area contributed by atoms with Crippen molar-refractivity contribution >= 4 is 5.91 Å². The summed E-state index contributed by atoms with van der Waals surface area (Å²) in [6.45, 7) is 1.90. The van der Waals surface area contributed by atoms with Crippen molar-refractivity contribution in [2.75, 3.05) is 6.61 Å². The molecule has 0 saturated carbocycles. The fourth-order valence-electron chi connectivity index (χ4n) is 2.52. The fraction of sp³-hybridized carbons (Fsp3) is 0.143. The highest BCUT2D eigenvalue weighted by Gasteiger charge is 2.10. The maximum Gasteiger partial charge on any atom is 0.258 e. The number of pyridine rings is 1. The number of rotatable bonds is 6. The molecule has 1 heterocycles. The van der Waals surface area contributed by atoms with Crippen LogP contribution >= 0.6 is 0 Å². The third kappa shape index (κ3) is 4.67. The Kier molecular flexibility index (Phi) is 5.42. The van der Waals surface area contributed by atoms with Crippen molar-refractivity contribution in [3.8, 4) is 16.9 Å². The van der Waals surface area contributed by atoms with Gasteiger partial charge < -0.3 is 10.1 Å². The van der Waals surface area contributed by atoms with Gasteiger partial charge in [-0.3, -0.25) is 9.78 Å². The Labute approximate surface area is 147 Å². The van der Waals surface area contributed by atoms with Crippen LogP contribution in [0, 0.1) is 0 Å². The highest BCUT2D eigenvalue weighted by atomic mass is 16.5. The molecule has 25 heavy (non-hydrogen) atoms. The van der Waals surface area contributed by atoms with Crippen LogP contribution in [0.25, 0.3) is 11.1 Å². The van der Waals surface area contributed by atoms with Crippen LogP contribution in [0.3, 0.4) is 0 Å². The molecule has 0 spiro atoms. The number of hydrogen-bond acceptors (Lipinski definition) is 3. The molecule has 0 aliphatic heterocycles. The first kappa shape index (κ1) is 16.7. The monoisotopic (exact) mass is 332 g/mol. The van der Waals surface area contributed by atoms with E-state index in [0.29, 0.717) is 5.75 Å². The molecule has 0 fully saturated rings. The van der Waals surface area contributed by atoms with Crippen LogP contribution < -0.4 is 10.1 Å². The van der Waals surface area contributed by atoms with E-state index in [2.05, 4.69) is 22.4 Å². The first-order valence-electron chi connectivity index (χ1n) is 8.20. The Morgan fingerprint density at radius 3 is 2.40 bits per heavy atom. The summed E-state index contributed by atoms with van der Waals surface area (Å²) in [4.78, 5) is 16.1. The predicted molar refractivity (Wildman–Crippen MR) is 98.2 cm³/mol. The largest absolute Gasteiger partial charge is 0.484 e. The number of aromatic nitrogens is 1. The molecule has 1 aromatic heterocycles. The predicted octanol–water partition coefficient (Wildman–Crippen LogP) is 4.00. The number of nitrogens with one attached hydrogen (secondary N) is 1. The van der Waals surface area contributed by atoms with Crippen LogP contribution in [0.5, 0.6) is 5.75 Å². The number of ether oxygens (including phenoxy) is 1. The Morgan fingerprint density at radius 2 is 1.72 bits per heavy atom. The van der Waals surface area contributed by atoms with E-state index in [4.69, 9.17) is 4.74 Å². The average Bonchev–Trinajstić information content (AvgIpc) is 2.68. The molecular formula is C21H20N2O2. The lowest BCUT2D eigenvalue weighted by Gasteiger charge is -2.14. The van der Waals surface area contributed by atoms with Crippen molar-refractivity contribution in [2.24, 2.45) is 0 Å². The summed E-state index contributed by atoms with van der Waals surface area (Å²) in [5.74, 6) is 0.507. The zero-order valence-electron chi connectivity index (χ0n) is 14.1. The van der Waals surface area contributed by atoms with Crippen molar-refractivity contribution in [3.05, 3.63) is 84.7 Å². The molecule has 0 aliphatic rings. The van der Waals surface area contributed by atoms with Crippen LogP contribution in [0.1, 0.15) is 18.5 Å². The number of carbonyl (C=O) groups excluding carboxylic acids is 1. The third-order valence-corrected chi connectivity index (χ3v) is 3.89. The molecule has 126 valence electrons. The van der Waals surface area contributed by atoms with E-state index in [0.717, 1.165) is 16.7 Å². The van der Waals surface area contributed by atoms with Crippen LogP contribution in [-0.4, -0.2) is 17.5 Å². The first-order chi connectivity index (χ1) is 12.2. The highest BCUT2D eigenvalue weighted by molar-refractivity contribution is 5.78. The van der Waals surface area contributed by atoms with E-state index in [-0.39, 0.29) is 18.6 Å². The minimum atomic E-state index is -0.163. The van der Waals surface area contributed by atoms with E-state index in [1.165, 1.54) is 0 Å². The van der Waals surface area contributed by atoms with Gasteiger partial charge in [-0.1, -0.05) is 48.5 Å². The number of carbonyl (C=O) groups is 1. The molecule has 4 heteroatoms. The first-order valence-corrected chi connectivity index (χ1v) is 8.20. The average molecular weight is 332 g/mol. The second-order valence-corrected chi connectivity index (χ2v) is 5.75. The van der Waals surface area contributed by atoms with Crippen molar-refractivity contribution in [2.45, 2.75) is 13.0 Å². The molecule has 1 amide bonds. The summed E-state index contributed by atoms with van der Waals surface area (Å²) in [6.07, 6.45) is 3.45. The van der Waals surface area contributed by atoms with Crippen LogP contribution in [-0.2, 0) is 4.79 Å². The lowest BCUT2D eigenvalue weighted by atomic mass is 10.1. The molecule has 3 rings (SSSR count). The molecule has 0 bridgehead atoms. The quantitative estimate of drug-likeness (QED) is 0.742. The lowest BCUT2D eigenvalue weighted by Crippen LogP contribution is -2.31. The summed E-state index contributed by atoms with van der Waals surface area (Å²) < 4.78 is 5.57. The molecule has 1 atom stereocenters. The molecule has 0 aliphatic carbocycles. The van der Waals surface area contributed by atoms with Gasteiger partial charge >= 0.3 is 0 Å². The van der Waals surface area contributed by atoms with Crippen molar-refractivity contribution in [3.63, 3.8) is 0 Å². The summed E-state index contributed by atoms with van der Waals surface area (Å²) in [5, 5.41) is 2.90. The Morgan fingerprint density at radius 1 is 1.00 bits per heavy atom. The van der Waals surface area contributed by atoms with Crippen LogP contribution in [0.2, 0.25) is 0 Å². The Bertz CT molecular complexity index is 802. The van der Waals surface area contributed by atoms with E-state index >= 15 is 0 Å². The van der Waals surface area contributed by atoms with Gasteiger partial charge in [0.25, 0.3) is 5.91 Å². The summed E-state index contributed by atoms with van der Waals surface area (Å²) >= 11 is 0. The highest BCUT2D eigenvalue weighted by Crippen LogP contribution is 2.22. The smallest absolute Gasteiger partial charge is 0.258 e. The Hall–Kier alpha value is -3.14. The van der Waals surface area contributed by atoms with Gasteiger partial charge in [-0.05, 0) is 41.8 Å².